The van der Waals surface area contributed by atoms with E-state index in [1.807, 2.05) is 0 Å². The van der Waals surface area contributed by atoms with Gasteiger partial charge < -0.3 is 5.11 Å². The van der Waals surface area contributed by atoms with Gasteiger partial charge in [0.05, 0.1) is 0 Å². The van der Waals surface area contributed by atoms with E-state index in [1.54, 1.807) is 0 Å². The smallest absolute Gasteiger partial charge is 0.326 e. The molecule has 0 saturated carbocycles. The summed E-state index contributed by atoms with van der Waals surface area (Å²) in [7, 11) is 0. The molecule has 0 aromatic rings. The van der Waals surface area contributed by atoms with E-state index in [2.05, 4.69) is 12.6 Å². The van der Waals surface area contributed by atoms with Crippen molar-refractivity contribution in [2.45, 2.75) is 25.3 Å². The van der Waals surface area contributed by atoms with Gasteiger partial charge in [0.15, 0.2) is 0 Å². The third-order valence-electron chi connectivity index (χ3n) is 2.09. The van der Waals surface area contributed by atoms with E-state index >= 15 is 0 Å². The lowest BCUT2D eigenvalue weighted by atomic mass is 10.2. The summed E-state index contributed by atoms with van der Waals surface area (Å²) in [6.07, 6.45) is 0.445. The summed E-state index contributed by atoms with van der Waals surface area (Å²) in [5.41, 5.74) is 0. The van der Waals surface area contributed by atoms with Gasteiger partial charge in [-0.3, -0.25) is 14.5 Å². The fraction of sp³-hybridized carbons (Fsp3) is 0.625. The first-order chi connectivity index (χ1) is 6.57. The lowest BCUT2D eigenvalue weighted by Crippen LogP contribution is -2.42. The van der Waals surface area contributed by atoms with Gasteiger partial charge >= 0.3 is 5.97 Å². The Morgan fingerprint density at radius 1 is 1.57 bits per heavy atom. The maximum atomic E-state index is 11.4. The van der Waals surface area contributed by atoms with Crippen molar-refractivity contribution in [3.05, 3.63) is 0 Å². The Kier molecular flexibility index (Phi) is 3.51. The summed E-state index contributed by atoms with van der Waals surface area (Å²) < 4.78 is 0. The topological polar surface area (TPSA) is 74.7 Å². The maximum Gasteiger partial charge on any atom is 0.326 e. The number of hydrogen-bond acceptors (Lipinski definition) is 4. The second-order valence-corrected chi connectivity index (χ2v) is 3.47. The number of imide groups is 1. The van der Waals surface area contributed by atoms with Crippen molar-refractivity contribution in [3.63, 3.8) is 0 Å². The summed E-state index contributed by atoms with van der Waals surface area (Å²) in [4.78, 5) is 34.1. The predicted octanol–water partition coefficient (Wildman–Crippen LogP) is -0.0915. The number of carbonyl (C=O) groups excluding carboxylic acids is 2. The van der Waals surface area contributed by atoms with Crippen LogP contribution in [0.5, 0.6) is 0 Å². The van der Waals surface area contributed by atoms with Crippen LogP contribution in [-0.2, 0) is 14.4 Å². The quantitative estimate of drug-likeness (QED) is 0.648. The van der Waals surface area contributed by atoms with E-state index in [0.29, 0.717) is 5.75 Å². The molecule has 14 heavy (non-hydrogen) atoms. The number of rotatable bonds is 3. The first-order valence-electron chi connectivity index (χ1n) is 4.26. The standard InChI is InChI=1S/C8H11NO4S/c10-6-2-1-5(8(12)13)9(6)7(11)3-4-14/h5,14H,1-4H2,(H,12,13)/t5-/m0/s1. The molecule has 78 valence electrons. The number of carboxylic acids is 1. The van der Waals surface area contributed by atoms with Crippen LogP contribution in [0.1, 0.15) is 19.3 Å². The zero-order chi connectivity index (χ0) is 10.7. The molecule has 1 aliphatic heterocycles. The Hall–Kier alpha value is -1.04. The molecule has 0 bridgehead atoms. The highest BCUT2D eigenvalue weighted by molar-refractivity contribution is 7.80. The van der Waals surface area contributed by atoms with Crippen molar-refractivity contribution in [1.29, 1.82) is 0 Å². The van der Waals surface area contributed by atoms with Crippen molar-refractivity contribution in [1.82, 2.24) is 4.90 Å². The Bertz CT molecular complexity index is 279. The Morgan fingerprint density at radius 2 is 2.21 bits per heavy atom. The van der Waals surface area contributed by atoms with Gasteiger partial charge in [0, 0.05) is 12.8 Å². The third-order valence-corrected chi connectivity index (χ3v) is 2.32. The van der Waals surface area contributed by atoms with E-state index < -0.39 is 23.8 Å². The Labute approximate surface area is 86.5 Å². The molecule has 1 fully saturated rings. The maximum absolute atomic E-state index is 11.4. The molecular formula is C8H11NO4S. The van der Waals surface area contributed by atoms with Crippen LogP contribution >= 0.6 is 12.6 Å². The Morgan fingerprint density at radius 3 is 2.71 bits per heavy atom. The van der Waals surface area contributed by atoms with Crippen LogP contribution in [0.25, 0.3) is 0 Å². The van der Waals surface area contributed by atoms with E-state index in [4.69, 9.17) is 5.11 Å². The van der Waals surface area contributed by atoms with Gasteiger partial charge in [-0.1, -0.05) is 0 Å². The van der Waals surface area contributed by atoms with Gasteiger partial charge in [0.25, 0.3) is 0 Å². The van der Waals surface area contributed by atoms with Crippen molar-refractivity contribution in [2.75, 3.05) is 5.75 Å². The molecule has 1 saturated heterocycles. The SMILES string of the molecule is O=C(O)[C@@H]1CCC(=O)N1C(=O)CCS. The van der Waals surface area contributed by atoms with Crippen LogP contribution in [-0.4, -0.2) is 39.6 Å². The minimum atomic E-state index is -1.12. The molecule has 1 aliphatic rings. The first-order valence-corrected chi connectivity index (χ1v) is 4.89. The molecular weight excluding hydrogens is 206 g/mol. The normalized spacial score (nSPS) is 21.4. The monoisotopic (exact) mass is 217 g/mol. The molecule has 0 aromatic carbocycles. The summed E-state index contributed by atoms with van der Waals surface area (Å²) in [5, 5.41) is 8.75. The average Bonchev–Trinajstić information content (AvgIpc) is 2.47. The molecule has 1 rings (SSSR count). The van der Waals surface area contributed by atoms with Gasteiger partial charge in [-0.15, -0.1) is 0 Å². The molecule has 6 heteroatoms. The highest BCUT2D eigenvalue weighted by Gasteiger charge is 2.39. The zero-order valence-electron chi connectivity index (χ0n) is 7.47. The number of hydrogen-bond donors (Lipinski definition) is 2. The molecule has 1 N–H and O–H groups in total. The highest BCUT2D eigenvalue weighted by Crippen LogP contribution is 2.19. The first kappa shape index (κ1) is 11.0. The van der Waals surface area contributed by atoms with E-state index in [-0.39, 0.29) is 19.3 Å². The van der Waals surface area contributed by atoms with Crippen molar-refractivity contribution >= 4 is 30.4 Å². The lowest BCUT2D eigenvalue weighted by molar-refractivity contribution is -0.153. The van der Waals surface area contributed by atoms with Crippen molar-refractivity contribution in [2.24, 2.45) is 0 Å². The molecule has 0 radical (unpaired) electrons. The number of nitrogens with zero attached hydrogens (tertiary/aromatic N) is 1. The number of carbonyl (C=O) groups is 3. The van der Waals surface area contributed by atoms with Crippen LogP contribution < -0.4 is 0 Å². The van der Waals surface area contributed by atoms with E-state index in [9.17, 15) is 14.4 Å². The van der Waals surface area contributed by atoms with Crippen LogP contribution in [0.3, 0.4) is 0 Å². The van der Waals surface area contributed by atoms with Crippen LogP contribution in [0.4, 0.5) is 0 Å². The van der Waals surface area contributed by atoms with Gasteiger partial charge in [0.2, 0.25) is 11.8 Å². The van der Waals surface area contributed by atoms with Gasteiger partial charge in [-0.25, -0.2) is 4.79 Å². The van der Waals surface area contributed by atoms with Gasteiger partial charge in [-0.05, 0) is 12.2 Å². The fourth-order valence-electron chi connectivity index (χ4n) is 1.45. The van der Waals surface area contributed by atoms with Crippen molar-refractivity contribution in [3.8, 4) is 0 Å². The summed E-state index contributed by atoms with van der Waals surface area (Å²) in [5.74, 6) is -1.66. The number of carboxylic acid groups (broad SMARTS) is 1. The number of likely N-dealkylation sites (tertiary alicyclic amines) is 1. The summed E-state index contributed by atoms with van der Waals surface area (Å²) in [6.45, 7) is 0. The predicted molar refractivity (Wildman–Crippen MR) is 51.0 cm³/mol. The van der Waals surface area contributed by atoms with E-state index in [1.165, 1.54) is 0 Å². The average molecular weight is 217 g/mol. The van der Waals surface area contributed by atoms with Gasteiger partial charge in [0.1, 0.15) is 6.04 Å². The van der Waals surface area contributed by atoms with Crippen LogP contribution in [0.2, 0.25) is 0 Å². The lowest BCUT2D eigenvalue weighted by Gasteiger charge is -2.18. The molecule has 0 aliphatic carbocycles. The molecule has 5 nitrogen and oxygen atoms in total. The largest absolute Gasteiger partial charge is 0.480 e. The number of amides is 2. The molecule has 0 unspecified atom stereocenters. The molecule has 0 spiro atoms. The zero-order valence-corrected chi connectivity index (χ0v) is 8.37. The molecule has 2 amide bonds. The van der Waals surface area contributed by atoms with Crippen molar-refractivity contribution < 1.29 is 19.5 Å². The second kappa shape index (κ2) is 4.45. The van der Waals surface area contributed by atoms with E-state index in [0.717, 1.165) is 4.90 Å². The van der Waals surface area contributed by atoms with Crippen LogP contribution in [0, 0.1) is 0 Å². The number of thiol groups is 1. The fourth-order valence-corrected chi connectivity index (χ4v) is 1.64. The number of aliphatic carboxylic acids is 1. The second-order valence-electron chi connectivity index (χ2n) is 3.02. The minimum Gasteiger partial charge on any atom is -0.480 e. The Balaban J connectivity index is 2.76. The van der Waals surface area contributed by atoms with Gasteiger partial charge in [-0.2, -0.15) is 12.6 Å². The molecule has 1 atom stereocenters. The third kappa shape index (κ3) is 2.06. The summed E-state index contributed by atoms with van der Waals surface area (Å²) in [6, 6.07) is -0.977. The minimum absolute atomic E-state index is 0.0959. The molecule has 1 heterocycles. The molecule has 0 aromatic heterocycles. The highest BCUT2D eigenvalue weighted by atomic mass is 32.1. The summed E-state index contributed by atoms with van der Waals surface area (Å²) >= 11 is 3.86. The van der Waals surface area contributed by atoms with Crippen LogP contribution in [0.15, 0.2) is 0 Å².